The summed E-state index contributed by atoms with van der Waals surface area (Å²) < 4.78 is 6.92. The van der Waals surface area contributed by atoms with Gasteiger partial charge in [-0.15, -0.1) is 0 Å². The zero-order valence-electron chi connectivity index (χ0n) is 48.8. The Hall–Kier alpha value is -9.99. The quantitative estimate of drug-likeness (QED) is 0.165. The smallest absolute Gasteiger partial charge is 0.143 e. The van der Waals surface area contributed by atoms with E-state index in [1.165, 1.54) is 33.4 Å². The summed E-state index contributed by atoms with van der Waals surface area (Å²) in [5.41, 5.74) is 23.9. The molecule has 0 saturated heterocycles. The van der Waals surface area contributed by atoms with Crippen molar-refractivity contribution in [3.05, 3.63) is 252 Å². The van der Waals surface area contributed by atoms with E-state index in [9.17, 15) is 0 Å². The zero-order chi connectivity index (χ0) is 57.1. The third kappa shape index (κ3) is 6.69. The molecule has 0 N–H and O–H groups in total. The molecule has 3 aliphatic rings. The van der Waals surface area contributed by atoms with Crippen LogP contribution in [-0.4, -0.2) is 28.7 Å². The summed E-state index contributed by atoms with van der Waals surface area (Å²) in [5.74, 6) is 2.37. The number of anilines is 9. The summed E-state index contributed by atoms with van der Waals surface area (Å²) in [6, 6.07) is 80.1. The zero-order valence-corrected chi connectivity index (χ0v) is 48.8. The maximum Gasteiger partial charge on any atom is 0.143 e. The van der Waals surface area contributed by atoms with Gasteiger partial charge in [-0.3, -0.25) is 0 Å². The van der Waals surface area contributed by atoms with Crippen LogP contribution in [0.3, 0.4) is 0 Å². The van der Waals surface area contributed by atoms with Gasteiger partial charge in [0, 0.05) is 43.0 Å². The van der Waals surface area contributed by atoms with Crippen molar-refractivity contribution < 1.29 is 0 Å². The molecule has 0 unspecified atom stereocenters. The van der Waals surface area contributed by atoms with E-state index in [0.29, 0.717) is 0 Å². The predicted octanol–water partition coefficient (Wildman–Crippen LogP) is 18.7. The number of rotatable bonds is 6. The maximum atomic E-state index is 5.92. The molecule has 0 fully saturated rings. The predicted molar refractivity (Wildman–Crippen MR) is 346 cm³/mol. The van der Waals surface area contributed by atoms with Crippen LogP contribution in [0, 0.1) is 0 Å². The number of nitrogens with zero attached hydrogens (tertiary/aromatic N) is 9. The Balaban J connectivity index is 1.27. The first-order chi connectivity index (χ1) is 40.8. The highest BCUT2D eigenvalue weighted by atomic mass is 15.3. The summed E-state index contributed by atoms with van der Waals surface area (Å²) >= 11 is 0. The van der Waals surface area contributed by atoms with Crippen LogP contribution in [0.1, 0.15) is 74.9 Å². The largest absolute Gasteiger partial charge is 0.327 e. The van der Waals surface area contributed by atoms with Gasteiger partial charge in [0.2, 0.25) is 0 Å². The fourth-order valence-electron chi connectivity index (χ4n) is 14.9. The van der Waals surface area contributed by atoms with Crippen molar-refractivity contribution in [3.8, 4) is 34.2 Å². The van der Waals surface area contributed by atoms with Gasteiger partial charge in [-0.05, 0) is 106 Å². The van der Waals surface area contributed by atoms with Crippen LogP contribution in [0.2, 0.25) is 0 Å². The third-order valence-electron chi connectivity index (χ3n) is 19.0. The highest BCUT2D eigenvalue weighted by Crippen LogP contribution is 2.68. The highest BCUT2D eigenvalue weighted by molar-refractivity contribution is 6.19. The number of hydrogen-bond donors (Lipinski definition) is 0. The summed E-state index contributed by atoms with van der Waals surface area (Å²) in [5, 5.41) is 0. The average Bonchev–Trinajstić information content (AvgIpc) is 1.02. The van der Waals surface area contributed by atoms with E-state index in [4.69, 9.17) is 15.0 Å². The molecule has 0 bridgehead atoms. The van der Waals surface area contributed by atoms with Crippen LogP contribution >= 0.6 is 0 Å². The van der Waals surface area contributed by atoms with Crippen molar-refractivity contribution in [2.24, 2.45) is 21.1 Å². The summed E-state index contributed by atoms with van der Waals surface area (Å²) in [7, 11) is 6.55. The number of aromatic nitrogens is 6. The van der Waals surface area contributed by atoms with E-state index in [0.717, 1.165) is 118 Å². The van der Waals surface area contributed by atoms with E-state index in [1.54, 1.807) is 0 Å². The Morgan fingerprint density at radius 3 is 0.726 bits per heavy atom. The molecule has 16 rings (SSSR count). The molecule has 13 aromatic rings. The van der Waals surface area contributed by atoms with Gasteiger partial charge in [0.25, 0.3) is 0 Å². The standard InChI is InChI=1S/C75H63N9/c1-73(2)46-28-10-19-37-55(46)82(56-38-20-11-29-47(56)73)67-65(71-77-53-35-17-26-44-62(53)80(71)8)64(70-76-52-34-16-25-43-61(52)79(70)7)66(72-78-54-36-18-27-45-63(54)81(72)9)68(83-57-39-21-12-30-48(57)74(3,4)49-31-13-22-40-58(49)83)69(67)84-59-41-23-14-32-50(59)75(5,6)51-33-15-24-42-60(51)84/h10-45H,1-9H3. The van der Waals surface area contributed by atoms with E-state index < -0.39 is 0 Å². The molecule has 84 heavy (non-hydrogen) atoms. The lowest BCUT2D eigenvalue weighted by atomic mass is 9.72. The van der Waals surface area contributed by atoms with Crippen molar-refractivity contribution in [2.45, 2.75) is 57.8 Å². The molecule has 0 radical (unpaired) electrons. The van der Waals surface area contributed by atoms with Gasteiger partial charge in [0.1, 0.15) is 17.5 Å². The third-order valence-corrected chi connectivity index (χ3v) is 19.0. The first-order valence-corrected chi connectivity index (χ1v) is 29.2. The normalized spacial score (nSPS) is 15.2. The molecular weight excluding hydrogens is 1030 g/mol. The number of aryl methyl sites for hydroxylation is 3. The second-order valence-electron chi connectivity index (χ2n) is 24.6. The number of hydrogen-bond acceptors (Lipinski definition) is 6. The molecular formula is C75H63N9. The van der Waals surface area contributed by atoms with Gasteiger partial charge in [-0.2, -0.15) is 0 Å². The Labute approximate surface area is 490 Å². The Kier molecular flexibility index (Phi) is 10.5. The van der Waals surface area contributed by atoms with Crippen LogP contribution in [-0.2, 0) is 37.4 Å². The summed E-state index contributed by atoms with van der Waals surface area (Å²) in [6.07, 6.45) is 0. The summed E-state index contributed by atoms with van der Waals surface area (Å²) in [4.78, 5) is 25.6. The molecule has 408 valence electrons. The van der Waals surface area contributed by atoms with Crippen LogP contribution in [0.5, 0.6) is 0 Å². The van der Waals surface area contributed by atoms with E-state index in [1.807, 2.05) is 0 Å². The van der Waals surface area contributed by atoms with Gasteiger partial charge in [-0.25, -0.2) is 15.0 Å². The van der Waals surface area contributed by atoms with Gasteiger partial charge in [-0.1, -0.05) is 187 Å². The Morgan fingerprint density at radius 2 is 0.464 bits per heavy atom. The van der Waals surface area contributed by atoms with Crippen molar-refractivity contribution >= 4 is 84.3 Å². The molecule has 3 aromatic heterocycles. The second-order valence-corrected chi connectivity index (χ2v) is 24.6. The topological polar surface area (TPSA) is 63.2 Å². The van der Waals surface area contributed by atoms with Crippen LogP contribution < -0.4 is 14.7 Å². The number of benzene rings is 10. The van der Waals surface area contributed by atoms with Gasteiger partial charge in [0.05, 0.1) is 95.4 Å². The number of imidazole rings is 3. The minimum absolute atomic E-state index is 0.386. The first-order valence-electron chi connectivity index (χ1n) is 29.2. The SMILES string of the molecule is Cn1c(-c2c(-c3nc4ccccc4n3C)c(N3c4ccccc4C(C)(C)c4ccccc43)c(N3c4ccccc4C(C)(C)c4ccccc43)c(N3c4ccccc4C(C)(C)c4ccccc43)c2-c2nc3ccccc3n2C)nc2ccccc21. The fourth-order valence-corrected chi connectivity index (χ4v) is 14.9. The van der Waals surface area contributed by atoms with E-state index in [2.05, 4.69) is 309 Å². The molecule has 6 heterocycles. The van der Waals surface area contributed by atoms with Gasteiger partial charge < -0.3 is 28.4 Å². The molecule has 0 amide bonds. The monoisotopic (exact) mass is 1090 g/mol. The minimum atomic E-state index is -0.389. The van der Waals surface area contributed by atoms with Gasteiger partial charge >= 0.3 is 0 Å². The maximum absolute atomic E-state index is 5.92. The van der Waals surface area contributed by atoms with Crippen LogP contribution in [0.25, 0.3) is 67.3 Å². The molecule has 0 aliphatic carbocycles. The van der Waals surface area contributed by atoms with Crippen LogP contribution in [0.4, 0.5) is 51.2 Å². The lowest BCUT2D eigenvalue weighted by Crippen LogP contribution is -2.35. The van der Waals surface area contributed by atoms with Crippen LogP contribution in [0.15, 0.2) is 218 Å². The fraction of sp³-hybridized carbons (Fsp3) is 0.160. The number of para-hydroxylation sites is 12. The second kappa shape index (κ2) is 17.8. The average molecular weight is 1090 g/mol. The highest BCUT2D eigenvalue weighted by Gasteiger charge is 2.48. The summed E-state index contributed by atoms with van der Waals surface area (Å²) in [6.45, 7) is 14.3. The lowest BCUT2D eigenvalue weighted by Gasteiger charge is -2.49. The molecule has 0 spiro atoms. The molecule has 9 nitrogen and oxygen atoms in total. The molecule has 0 atom stereocenters. The molecule has 0 saturated carbocycles. The van der Waals surface area contributed by atoms with Crippen molar-refractivity contribution in [1.29, 1.82) is 0 Å². The van der Waals surface area contributed by atoms with Crippen molar-refractivity contribution in [2.75, 3.05) is 14.7 Å². The van der Waals surface area contributed by atoms with Crippen molar-refractivity contribution in [1.82, 2.24) is 28.7 Å². The minimum Gasteiger partial charge on any atom is -0.327 e. The van der Waals surface area contributed by atoms with Gasteiger partial charge in [0.15, 0.2) is 0 Å². The Morgan fingerprint density at radius 1 is 0.250 bits per heavy atom. The Bertz CT molecular complexity index is 4550. The molecule has 9 heteroatoms. The molecule has 3 aliphatic heterocycles. The van der Waals surface area contributed by atoms with E-state index in [-0.39, 0.29) is 16.2 Å². The molecule has 10 aromatic carbocycles. The first kappa shape index (κ1) is 49.8. The van der Waals surface area contributed by atoms with E-state index >= 15 is 0 Å². The number of fused-ring (bicyclic) bond motifs is 9. The lowest BCUT2D eigenvalue weighted by molar-refractivity contribution is 0.629. The van der Waals surface area contributed by atoms with Crippen molar-refractivity contribution in [3.63, 3.8) is 0 Å².